The van der Waals surface area contributed by atoms with Crippen LogP contribution in [-0.4, -0.2) is 25.5 Å². The van der Waals surface area contributed by atoms with Crippen LogP contribution in [0.2, 0.25) is 0 Å². The highest BCUT2D eigenvalue weighted by atomic mass is 32.2. The van der Waals surface area contributed by atoms with Gasteiger partial charge in [0, 0.05) is 34.8 Å². The van der Waals surface area contributed by atoms with Gasteiger partial charge in [-0.1, -0.05) is 11.8 Å². The fourth-order valence-electron chi connectivity index (χ4n) is 3.56. The lowest BCUT2D eigenvalue weighted by Crippen LogP contribution is -2.35. The Morgan fingerprint density at radius 3 is 2.55 bits per heavy atom. The number of ether oxygens (including phenoxy) is 1. The Labute approximate surface area is 188 Å². The number of rotatable bonds is 2. The zero-order valence-corrected chi connectivity index (χ0v) is 18.7. The highest BCUT2D eigenvalue weighted by molar-refractivity contribution is 7.88. The summed E-state index contributed by atoms with van der Waals surface area (Å²) >= 11 is 0. The maximum absolute atomic E-state index is 12.8. The van der Waals surface area contributed by atoms with E-state index in [-0.39, 0.29) is 23.6 Å². The molecule has 2 aromatic rings. The van der Waals surface area contributed by atoms with Gasteiger partial charge in [-0.05, 0) is 51.1 Å². The summed E-state index contributed by atoms with van der Waals surface area (Å²) in [5.41, 5.74) is 0.769. The largest absolute Gasteiger partial charge is 0.534 e. The average Bonchev–Trinajstić information content (AvgIpc) is 3.08. The van der Waals surface area contributed by atoms with E-state index in [2.05, 4.69) is 26.3 Å². The summed E-state index contributed by atoms with van der Waals surface area (Å²) in [6.07, 6.45) is 3.26. The van der Waals surface area contributed by atoms with E-state index in [0.29, 0.717) is 22.5 Å². The topological polar surface area (TPSA) is 104 Å². The zero-order valence-electron chi connectivity index (χ0n) is 17.9. The summed E-state index contributed by atoms with van der Waals surface area (Å²) in [6, 6.07) is 5.39. The van der Waals surface area contributed by atoms with Gasteiger partial charge in [0.15, 0.2) is 0 Å². The van der Waals surface area contributed by atoms with Crippen LogP contribution in [0.4, 0.5) is 13.2 Å². The molecule has 1 aromatic carbocycles. The predicted octanol–water partition coefficient (Wildman–Crippen LogP) is 3.50. The number of nitrogens with one attached hydrogen (secondary N) is 1. The maximum Gasteiger partial charge on any atom is 0.534 e. The Kier molecular flexibility index (Phi) is 5.05. The molecule has 0 aliphatic carbocycles. The maximum atomic E-state index is 12.8. The molecule has 1 atom stereocenters. The van der Waals surface area contributed by atoms with E-state index in [0.717, 1.165) is 6.07 Å². The van der Waals surface area contributed by atoms with Crippen LogP contribution in [0.1, 0.15) is 37.5 Å². The number of fused-ring (bicyclic) bond motifs is 4. The molecule has 0 unspecified atom stereocenters. The van der Waals surface area contributed by atoms with Crippen molar-refractivity contribution in [2.45, 2.75) is 31.7 Å². The van der Waals surface area contributed by atoms with E-state index in [1.807, 2.05) is 20.8 Å². The van der Waals surface area contributed by atoms with Gasteiger partial charge < -0.3 is 20.0 Å². The van der Waals surface area contributed by atoms with E-state index < -0.39 is 26.8 Å². The monoisotopic (exact) mass is 479 g/mol. The molecule has 0 fully saturated rings. The van der Waals surface area contributed by atoms with Gasteiger partial charge in [0.1, 0.15) is 11.5 Å². The van der Waals surface area contributed by atoms with Gasteiger partial charge in [-0.25, -0.2) is 4.98 Å². The molecular formula is C22H20F3N3O4S. The Morgan fingerprint density at radius 2 is 1.94 bits per heavy atom. The molecule has 1 aromatic heterocycles. The van der Waals surface area contributed by atoms with Crippen LogP contribution in [-0.2, 0) is 15.5 Å². The number of benzene rings is 1. The molecule has 0 amide bonds. The smallest absolute Gasteiger partial charge is 0.438 e. The minimum atomic E-state index is -5.84. The molecule has 4 rings (SSSR count). The van der Waals surface area contributed by atoms with Crippen molar-refractivity contribution in [2.24, 2.45) is 11.1 Å². The number of halogens is 3. The number of nitrogens with two attached hydrogens (primary N) is 1. The van der Waals surface area contributed by atoms with Gasteiger partial charge in [-0.2, -0.15) is 21.6 Å². The second kappa shape index (κ2) is 7.31. The van der Waals surface area contributed by atoms with Crippen LogP contribution in [0.25, 0.3) is 0 Å². The lowest BCUT2D eigenvalue weighted by atomic mass is 9.73. The molecule has 0 saturated carbocycles. The van der Waals surface area contributed by atoms with Gasteiger partial charge in [0.25, 0.3) is 0 Å². The number of hydrogen-bond donors (Lipinski definition) is 2. The van der Waals surface area contributed by atoms with Crippen molar-refractivity contribution in [3.05, 3.63) is 59.0 Å². The van der Waals surface area contributed by atoms with Gasteiger partial charge >= 0.3 is 15.6 Å². The van der Waals surface area contributed by atoms with Crippen molar-refractivity contribution in [1.29, 1.82) is 0 Å². The highest BCUT2D eigenvalue weighted by Crippen LogP contribution is 2.50. The standard InChI is InChI=1S/C22H20F3N3O4S/c1-20(2,3)7-6-13-8-16-19(27-11-13)31-17-5-4-14(32-33(29,30)22(23,24)25)9-15(17)21(16)10-18(26)28-12-21/h4-5,8-11,28H,12,26H2,1-3H3/t21-/m0/s1. The summed E-state index contributed by atoms with van der Waals surface area (Å²) < 4.78 is 71.6. The van der Waals surface area contributed by atoms with Crippen LogP contribution in [0, 0.1) is 17.3 Å². The Balaban J connectivity index is 1.85. The first kappa shape index (κ1) is 22.8. The molecular weight excluding hydrogens is 459 g/mol. The fraction of sp³-hybridized carbons (Fsp3) is 0.318. The molecule has 2 aliphatic heterocycles. The van der Waals surface area contributed by atoms with Crippen molar-refractivity contribution < 1.29 is 30.5 Å². The van der Waals surface area contributed by atoms with Gasteiger partial charge in [0.2, 0.25) is 5.88 Å². The Bertz CT molecular complexity index is 1340. The quantitative estimate of drug-likeness (QED) is 0.386. The predicted molar refractivity (Wildman–Crippen MR) is 114 cm³/mol. The molecule has 3 heterocycles. The van der Waals surface area contributed by atoms with Crippen molar-refractivity contribution in [1.82, 2.24) is 10.3 Å². The first-order valence-corrected chi connectivity index (χ1v) is 11.2. The van der Waals surface area contributed by atoms with Crippen molar-refractivity contribution in [3.8, 4) is 29.2 Å². The van der Waals surface area contributed by atoms with E-state index in [1.54, 1.807) is 18.3 Å². The van der Waals surface area contributed by atoms with Crippen LogP contribution in [0.3, 0.4) is 0 Å². The Morgan fingerprint density at radius 1 is 1.21 bits per heavy atom. The molecule has 0 saturated heterocycles. The molecule has 33 heavy (non-hydrogen) atoms. The van der Waals surface area contributed by atoms with Crippen molar-refractivity contribution in [3.63, 3.8) is 0 Å². The number of alkyl halides is 3. The third-order valence-corrected chi connectivity index (χ3v) is 5.99. The van der Waals surface area contributed by atoms with E-state index in [9.17, 15) is 21.6 Å². The second-order valence-corrected chi connectivity index (χ2v) is 10.3. The highest BCUT2D eigenvalue weighted by Gasteiger charge is 2.49. The van der Waals surface area contributed by atoms with Crippen LogP contribution >= 0.6 is 0 Å². The number of pyridine rings is 1. The normalized spacial score (nSPS) is 19.4. The van der Waals surface area contributed by atoms with Gasteiger partial charge in [0.05, 0.1) is 11.2 Å². The van der Waals surface area contributed by atoms with Crippen LogP contribution < -0.4 is 20.0 Å². The SMILES string of the molecule is CC(C)(C)C#Cc1cnc2c(c1)[C@]1(C=C(N)NC1)c1cc(OS(=O)(=O)C(F)(F)F)ccc1O2. The van der Waals surface area contributed by atoms with E-state index in [1.165, 1.54) is 12.1 Å². The average molecular weight is 479 g/mol. The zero-order chi connectivity index (χ0) is 24.2. The molecule has 3 N–H and O–H groups in total. The summed E-state index contributed by atoms with van der Waals surface area (Å²) in [4.78, 5) is 4.38. The van der Waals surface area contributed by atoms with Crippen LogP contribution in [0.5, 0.6) is 17.4 Å². The third-order valence-electron chi connectivity index (χ3n) is 5.01. The molecule has 0 radical (unpaired) electrons. The molecule has 174 valence electrons. The lowest BCUT2D eigenvalue weighted by molar-refractivity contribution is -0.0500. The summed E-state index contributed by atoms with van der Waals surface area (Å²) in [7, 11) is -5.84. The minimum absolute atomic E-state index is 0.244. The van der Waals surface area contributed by atoms with E-state index >= 15 is 0 Å². The summed E-state index contributed by atoms with van der Waals surface area (Å²) in [6.45, 7) is 6.14. The lowest BCUT2D eigenvalue weighted by Gasteiger charge is -2.35. The molecule has 7 nitrogen and oxygen atoms in total. The van der Waals surface area contributed by atoms with Crippen LogP contribution in [0.15, 0.2) is 42.4 Å². The third kappa shape index (κ3) is 4.18. The number of hydrogen-bond acceptors (Lipinski definition) is 7. The Hall–Kier alpha value is -3.39. The first-order chi connectivity index (χ1) is 15.2. The fourth-order valence-corrected chi connectivity index (χ4v) is 4.01. The molecule has 2 aliphatic rings. The van der Waals surface area contributed by atoms with E-state index in [4.69, 9.17) is 10.5 Å². The minimum Gasteiger partial charge on any atom is -0.438 e. The number of aromatic nitrogens is 1. The molecule has 0 bridgehead atoms. The van der Waals surface area contributed by atoms with Gasteiger partial charge in [-0.15, -0.1) is 0 Å². The van der Waals surface area contributed by atoms with Gasteiger partial charge in [-0.3, -0.25) is 0 Å². The first-order valence-electron chi connectivity index (χ1n) is 9.79. The second-order valence-electron chi connectivity index (χ2n) is 8.74. The number of nitrogens with zero attached hydrogens (tertiary/aromatic N) is 1. The summed E-state index contributed by atoms with van der Waals surface area (Å²) in [5.74, 6) is 6.59. The summed E-state index contributed by atoms with van der Waals surface area (Å²) in [5, 5.41) is 3.01. The van der Waals surface area contributed by atoms with Crippen molar-refractivity contribution >= 4 is 10.1 Å². The molecule has 11 heteroatoms. The molecule has 1 spiro atoms. The van der Waals surface area contributed by atoms with Crippen molar-refractivity contribution in [2.75, 3.05) is 6.54 Å².